The first kappa shape index (κ1) is 14.7. The first-order valence-electron chi connectivity index (χ1n) is 6.96. The highest BCUT2D eigenvalue weighted by Gasteiger charge is 2.25. The van der Waals surface area contributed by atoms with E-state index in [0.29, 0.717) is 11.5 Å². The van der Waals surface area contributed by atoms with Gasteiger partial charge in [0.2, 0.25) is 0 Å². The number of ether oxygens (including phenoxy) is 1. The summed E-state index contributed by atoms with van der Waals surface area (Å²) in [4.78, 5) is 12.0. The Morgan fingerprint density at radius 2 is 2.11 bits per heavy atom. The van der Waals surface area contributed by atoms with Crippen LogP contribution in [0.15, 0.2) is 28.7 Å². The molecule has 2 nitrogen and oxygen atoms in total. The maximum atomic E-state index is 12.0. The Balaban J connectivity index is 1.84. The summed E-state index contributed by atoms with van der Waals surface area (Å²) in [6.07, 6.45) is 3.61. The maximum Gasteiger partial charge on any atom is 0.188 e. The van der Waals surface area contributed by atoms with Gasteiger partial charge >= 0.3 is 0 Å². The van der Waals surface area contributed by atoms with Crippen molar-refractivity contribution in [1.29, 1.82) is 0 Å². The Bertz CT molecular complexity index is 444. The minimum Gasteiger partial charge on any atom is -0.370 e. The maximum absolute atomic E-state index is 12.0. The van der Waals surface area contributed by atoms with Crippen molar-refractivity contribution in [2.75, 3.05) is 6.61 Å². The SMILES string of the molecule is CC1CCC(OCC(=O)c2cccc(Br)c2)CC1C. The molecule has 1 aliphatic carbocycles. The normalized spacial score (nSPS) is 27.2. The van der Waals surface area contributed by atoms with Crippen molar-refractivity contribution in [1.82, 2.24) is 0 Å². The number of hydrogen-bond acceptors (Lipinski definition) is 2. The highest BCUT2D eigenvalue weighted by atomic mass is 79.9. The van der Waals surface area contributed by atoms with Crippen molar-refractivity contribution in [3.8, 4) is 0 Å². The van der Waals surface area contributed by atoms with E-state index in [-0.39, 0.29) is 18.5 Å². The Morgan fingerprint density at radius 3 is 2.79 bits per heavy atom. The third-order valence-electron chi connectivity index (χ3n) is 4.15. The highest BCUT2D eigenvalue weighted by molar-refractivity contribution is 9.10. The molecule has 1 aromatic rings. The molecule has 19 heavy (non-hydrogen) atoms. The zero-order chi connectivity index (χ0) is 13.8. The van der Waals surface area contributed by atoms with E-state index in [2.05, 4.69) is 29.8 Å². The molecule has 1 saturated carbocycles. The molecule has 0 heterocycles. The molecule has 3 atom stereocenters. The molecule has 0 amide bonds. The van der Waals surface area contributed by atoms with Crippen LogP contribution in [0.4, 0.5) is 0 Å². The summed E-state index contributed by atoms with van der Waals surface area (Å²) in [6, 6.07) is 7.48. The minimum atomic E-state index is 0.0626. The van der Waals surface area contributed by atoms with Crippen LogP contribution in [0.25, 0.3) is 0 Å². The summed E-state index contributed by atoms with van der Waals surface area (Å²) in [5.41, 5.74) is 0.714. The van der Waals surface area contributed by atoms with E-state index in [9.17, 15) is 4.79 Å². The molecule has 0 radical (unpaired) electrons. The number of carbonyl (C=O) groups excluding carboxylic acids is 1. The lowest BCUT2D eigenvalue weighted by Crippen LogP contribution is -2.28. The second-order valence-corrected chi connectivity index (χ2v) is 6.55. The fraction of sp³-hybridized carbons (Fsp3) is 0.562. The van der Waals surface area contributed by atoms with Crippen molar-refractivity contribution in [2.45, 2.75) is 39.2 Å². The van der Waals surface area contributed by atoms with Crippen molar-refractivity contribution >= 4 is 21.7 Å². The first-order chi connectivity index (χ1) is 9.06. The average Bonchev–Trinajstić information content (AvgIpc) is 2.40. The fourth-order valence-electron chi connectivity index (χ4n) is 2.59. The molecule has 104 valence electrons. The standard InChI is InChI=1S/C16H21BrO2/c1-11-6-7-15(8-12(11)2)19-10-16(18)13-4-3-5-14(17)9-13/h3-5,9,11-12,15H,6-8,10H2,1-2H3. The van der Waals surface area contributed by atoms with Gasteiger partial charge in [-0.15, -0.1) is 0 Å². The quantitative estimate of drug-likeness (QED) is 0.763. The zero-order valence-electron chi connectivity index (χ0n) is 11.6. The molecule has 0 spiro atoms. The van der Waals surface area contributed by atoms with Crippen LogP contribution in [0.3, 0.4) is 0 Å². The number of ketones is 1. The van der Waals surface area contributed by atoms with Crippen LogP contribution in [0, 0.1) is 11.8 Å². The largest absolute Gasteiger partial charge is 0.370 e. The van der Waals surface area contributed by atoms with Crippen molar-refractivity contribution in [3.63, 3.8) is 0 Å². The van der Waals surface area contributed by atoms with Crippen LogP contribution < -0.4 is 0 Å². The topological polar surface area (TPSA) is 26.3 Å². The van der Waals surface area contributed by atoms with Gasteiger partial charge in [0, 0.05) is 10.0 Å². The average molecular weight is 325 g/mol. The van der Waals surface area contributed by atoms with Gasteiger partial charge in [-0.05, 0) is 43.2 Å². The van der Waals surface area contributed by atoms with Crippen LogP contribution in [-0.4, -0.2) is 18.5 Å². The molecular formula is C16H21BrO2. The zero-order valence-corrected chi connectivity index (χ0v) is 13.2. The lowest BCUT2D eigenvalue weighted by Gasteiger charge is -2.31. The summed E-state index contributed by atoms with van der Waals surface area (Å²) >= 11 is 3.38. The fourth-order valence-corrected chi connectivity index (χ4v) is 2.99. The lowest BCUT2D eigenvalue weighted by atomic mass is 9.80. The van der Waals surface area contributed by atoms with Gasteiger partial charge in [0.1, 0.15) is 6.61 Å². The van der Waals surface area contributed by atoms with Gasteiger partial charge in [-0.3, -0.25) is 4.79 Å². The molecule has 0 aromatic heterocycles. The predicted molar refractivity (Wildman–Crippen MR) is 80.4 cm³/mol. The van der Waals surface area contributed by atoms with E-state index in [4.69, 9.17) is 4.74 Å². The highest BCUT2D eigenvalue weighted by Crippen LogP contribution is 2.30. The Morgan fingerprint density at radius 1 is 1.32 bits per heavy atom. The van der Waals surface area contributed by atoms with E-state index in [1.165, 1.54) is 6.42 Å². The van der Waals surface area contributed by atoms with Gasteiger partial charge < -0.3 is 4.74 Å². The van der Waals surface area contributed by atoms with Crippen LogP contribution in [0.2, 0.25) is 0 Å². The molecule has 3 unspecified atom stereocenters. The molecular weight excluding hydrogens is 304 g/mol. The second kappa shape index (κ2) is 6.67. The van der Waals surface area contributed by atoms with Gasteiger partial charge in [0.25, 0.3) is 0 Å². The number of halogens is 1. The van der Waals surface area contributed by atoms with Gasteiger partial charge in [-0.2, -0.15) is 0 Å². The van der Waals surface area contributed by atoms with Crippen LogP contribution in [0.5, 0.6) is 0 Å². The third-order valence-corrected chi connectivity index (χ3v) is 4.64. The van der Waals surface area contributed by atoms with Gasteiger partial charge in [-0.25, -0.2) is 0 Å². The summed E-state index contributed by atoms with van der Waals surface area (Å²) in [5, 5.41) is 0. The summed E-state index contributed by atoms with van der Waals surface area (Å²) in [7, 11) is 0. The van der Waals surface area contributed by atoms with E-state index in [1.54, 1.807) is 0 Å². The predicted octanol–water partition coefficient (Wildman–Crippen LogP) is 4.47. The Hall–Kier alpha value is -0.670. The first-order valence-corrected chi connectivity index (χ1v) is 7.76. The second-order valence-electron chi connectivity index (χ2n) is 5.63. The van der Waals surface area contributed by atoms with Crippen LogP contribution in [-0.2, 0) is 4.74 Å². The van der Waals surface area contributed by atoms with E-state index >= 15 is 0 Å². The molecule has 3 heteroatoms. The van der Waals surface area contributed by atoms with E-state index in [1.807, 2.05) is 24.3 Å². The summed E-state index contributed by atoms with van der Waals surface area (Å²) in [5.74, 6) is 1.54. The van der Waals surface area contributed by atoms with Crippen LogP contribution >= 0.6 is 15.9 Å². The smallest absolute Gasteiger partial charge is 0.188 e. The van der Waals surface area contributed by atoms with Crippen molar-refractivity contribution < 1.29 is 9.53 Å². The molecule has 0 saturated heterocycles. The number of carbonyl (C=O) groups is 1. The molecule has 1 aromatic carbocycles. The number of hydrogen-bond donors (Lipinski definition) is 0. The van der Waals surface area contributed by atoms with E-state index in [0.717, 1.165) is 23.2 Å². The Labute approximate surface area is 123 Å². The minimum absolute atomic E-state index is 0.0626. The molecule has 1 aliphatic rings. The number of rotatable bonds is 4. The van der Waals surface area contributed by atoms with Crippen molar-refractivity contribution in [3.05, 3.63) is 34.3 Å². The summed E-state index contributed by atoms with van der Waals surface area (Å²) < 4.78 is 6.72. The molecule has 0 bridgehead atoms. The number of Topliss-reactive ketones (excluding diaryl/α,β-unsaturated/α-hetero) is 1. The number of benzene rings is 1. The van der Waals surface area contributed by atoms with Crippen LogP contribution in [0.1, 0.15) is 43.5 Å². The molecule has 2 rings (SSSR count). The van der Waals surface area contributed by atoms with Gasteiger partial charge in [0.05, 0.1) is 6.10 Å². The molecule has 0 aliphatic heterocycles. The van der Waals surface area contributed by atoms with Crippen molar-refractivity contribution in [2.24, 2.45) is 11.8 Å². The van der Waals surface area contributed by atoms with Gasteiger partial charge in [0.15, 0.2) is 5.78 Å². The Kier molecular flexibility index (Phi) is 5.17. The molecule has 1 fully saturated rings. The molecule has 0 N–H and O–H groups in total. The monoisotopic (exact) mass is 324 g/mol. The lowest BCUT2D eigenvalue weighted by molar-refractivity contribution is 0.00708. The summed E-state index contributed by atoms with van der Waals surface area (Å²) in [6.45, 7) is 4.77. The third kappa shape index (κ3) is 4.15. The van der Waals surface area contributed by atoms with Gasteiger partial charge in [-0.1, -0.05) is 41.9 Å². The van der Waals surface area contributed by atoms with E-state index < -0.39 is 0 Å².